The smallest absolute Gasteiger partial charge is 0.374 e. The fraction of sp³-hybridized carbons (Fsp3) is 0.562. The van der Waals surface area contributed by atoms with E-state index in [0.717, 1.165) is 47.8 Å². The summed E-state index contributed by atoms with van der Waals surface area (Å²) in [6, 6.07) is 0. The van der Waals surface area contributed by atoms with Crippen LogP contribution in [0.5, 0.6) is 0 Å². The Kier molecular flexibility index (Phi) is 68.6. The molecule has 0 saturated carbocycles. The first-order valence-electron chi connectivity index (χ1n) is 34.4. The Morgan fingerprint density at radius 1 is 0.333 bits per heavy atom. The molecule has 7 aromatic heterocycles. The van der Waals surface area contributed by atoms with Gasteiger partial charge >= 0.3 is 104 Å². The molecule has 6 atom stereocenters. The Morgan fingerprint density at radius 2 is 0.525 bits per heavy atom. The molecule has 50 nitrogen and oxygen atoms in total. The highest BCUT2D eigenvalue weighted by molar-refractivity contribution is 7.36. The molecule has 0 aliphatic heterocycles. The average Bonchev–Trinajstić information content (AvgIpc) is 0.813. The standard InChI is InChI=1S/3C8H13N4O3P.C8H12N3O4P.C7H10N3O4P.C7H9N3O4.C6H7N3O4.C3H8.2C2H6.CH5OP.4CH4/c3*1-4-11-7(14)10-5(6(13)9-2)12(16-3)8(11)15;1-4-10-7(13)9-5(6(12)15-2)11(16-3)8(10)14;1-3-9-6(13)8-4(5(11)12)10(15-2)7(9)14;1-3-10-6(12)8-4(5(11)14-2)9-7(10)13;1-2-9-5(12)7-3(4(10)11)8-6(9)13;1-3-2;2*1-2;1-3-2;;;;/h3*16H,4H2,1-3H3,(H,9,13);16H,4H2,1-3H3;15H,3H2,1-2H3,(H,11,12);3H2,1-2H3,(H,8,9,12,13);2H2,1H3,(H,10,11)(H,7,8,12,13);3H2,1-2H3;2*1-2H3;2-3H,1H3;4*1H4. The third-order valence-corrected chi connectivity index (χ3v) is 17.2. The summed E-state index contributed by atoms with van der Waals surface area (Å²) < 4.78 is 21.0. The fourth-order valence-corrected chi connectivity index (χ4v) is 11.1. The van der Waals surface area contributed by atoms with Gasteiger partial charge in [0, 0.05) is 75.8 Å². The van der Waals surface area contributed by atoms with Gasteiger partial charge in [0.05, 0.1) is 14.2 Å². The van der Waals surface area contributed by atoms with E-state index < -0.39 is 133 Å². The zero-order valence-electron chi connectivity index (χ0n) is 68.4. The van der Waals surface area contributed by atoms with Crippen LogP contribution in [-0.4, -0.2) is 231 Å². The number of carboxylic acid groups (broad SMARTS) is 2. The highest BCUT2D eigenvalue weighted by atomic mass is 31.1. The summed E-state index contributed by atoms with van der Waals surface area (Å²) in [4.78, 5) is 274. The number of carboxylic acids is 2. The van der Waals surface area contributed by atoms with Crippen LogP contribution in [0.25, 0.3) is 0 Å². The molecule has 0 spiro atoms. The summed E-state index contributed by atoms with van der Waals surface area (Å²) in [6.45, 7) is 35.5. The van der Waals surface area contributed by atoms with Crippen molar-refractivity contribution < 1.29 is 58.1 Å². The number of aromatic carboxylic acids is 2. The molecule has 0 aliphatic carbocycles. The minimum atomic E-state index is -1.43. The van der Waals surface area contributed by atoms with Gasteiger partial charge in [-0.2, -0.15) is 34.9 Å². The molecular formula is C64H118N24O26P6. The lowest BCUT2D eigenvalue weighted by atomic mass is 10.5. The maximum Gasteiger partial charge on any atom is 0.374 e. The molecule has 56 heteroatoms. The molecule has 7 heterocycles. The molecule has 120 heavy (non-hydrogen) atoms. The van der Waals surface area contributed by atoms with E-state index in [1.165, 1.54) is 47.7 Å². The van der Waals surface area contributed by atoms with Gasteiger partial charge in [-0.25, -0.2) is 118 Å². The normalized spacial score (nSPS) is 9.94. The van der Waals surface area contributed by atoms with Crippen LogP contribution in [-0.2, 0) is 55.3 Å². The third-order valence-electron chi connectivity index (χ3n) is 12.9. The van der Waals surface area contributed by atoms with E-state index in [-0.39, 0.29) is 157 Å². The van der Waals surface area contributed by atoms with Gasteiger partial charge in [0.25, 0.3) is 17.7 Å². The van der Waals surface area contributed by atoms with Crippen molar-refractivity contribution in [3.05, 3.63) is 188 Å². The van der Waals surface area contributed by atoms with Gasteiger partial charge in [-0.15, -0.1) is 0 Å². The topological polar surface area (TPSA) is 655 Å². The quantitative estimate of drug-likeness (QED) is 0.0343. The van der Waals surface area contributed by atoms with E-state index in [9.17, 15) is 101 Å². The Balaban J connectivity index is -0.000000198. The van der Waals surface area contributed by atoms with E-state index in [1.807, 2.05) is 32.7 Å². The van der Waals surface area contributed by atoms with Crippen LogP contribution in [0.1, 0.15) is 200 Å². The molecule has 0 aromatic carbocycles. The van der Waals surface area contributed by atoms with Gasteiger partial charge in [-0.3, -0.25) is 46.0 Å². The van der Waals surface area contributed by atoms with Crippen LogP contribution < -0.4 is 95.6 Å². The van der Waals surface area contributed by atoms with Gasteiger partial charge in [0.15, 0.2) is 0 Å². The number of hydrogen-bond donors (Lipinski definition) is 8. The number of aromatic amines is 2. The van der Waals surface area contributed by atoms with Crippen LogP contribution in [0.15, 0.2) is 67.1 Å². The molecule has 7 rings (SSSR count). The van der Waals surface area contributed by atoms with Crippen molar-refractivity contribution in [1.82, 2.24) is 114 Å². The average molecular weight is 1830 g/mol. The number of carbonyl (C=O) groups excluding carboxylic acids is 5. The summed E-state index contributed by atoms with van der Waals surface area (Å²) in [5, 5.41) is 24.2. The van der Waals surface area contributed by atoms with Crippen molar-refractivity contribution >= 4 is 94.1 Å². The molecule has 6 unspecified atom stereocenters. The number of aromatic nitrogens is 21. The molecule has 0 radical (unpaired) electrons. The number of H-pyrrole nitrogens is 2. The first-order chi connectivity index (χ1) is 54.8. The summed E-state index contributed by atoms with van der Waals surface area (Å²) >= 11 is 0. The lowest BCUT2D eigenvalue weighted by Crippen LogP contribution is -2.43. The van der Waals surface area contributed by atoms with Crippen LogP contribution in [0, 0.1) is 0 Å². The van der Waals surface area contributed by atoms with Gasteiger partial charge < -0.3 is 40.5 Å². The van der Waals surface area contributed by atoms with Gasteiger partial charge in [-0.1, -0.05) is 77.7 Å². The number of hydrogen-bond acceptors (Lipinski definition) is 31. The fourth-order valence-electron chi connectivity index (χ4n) is 7.73. The van der Waals surface area contributed by atoms with E-state index in [1.54, 1.807) is 88.5 Å². The van der Waals surface area contributed by atoms with E-state index >= 15 is 0 Å². The van der Waals surface area contributed by atoms with Gasteiger partial charge in [0.2, 0.25) is 40.8 Å². The maximum atomic E-state index is 11.8. The lowest BCUT2D eigenvalue weighted by Gasteiger charge is -2.09. The van der Waals surface area contributed by atoms with Crippen molar-refractivity contribution in [2.75, 3.05) is 75.4 Å². The van der Waals surface area contributed by atoms with E-state index in [2.05, 4.69) is 79.1 Å². The van der Waals surface area contributed by atoms with Crippen molar-refractivity contribution in [2.24, 2.45) is 0 Å². The zero-order chi connectivity index (χ0) is 90.9. The second-order valence-corrected chi connectivity index (χ2v) is 24.5. The highest BCUT2D eigenvalue weighted by Gasteiger charge is 2.22. The number of carbonyl (C=O) groups is 7. The minimum absolute atomic E-state index is 0. The third kappa shape index (κ3) is 36.0. The predicted octanol–water partition coefficient (Wildman–Crippen LogP) is -1.35. The molecular weight excluding hydrogens is 1710 g/mol. The van der Waals surface area contributed by atoms with Crippen molar-refractivity contribution in [3.63, 3.8) is 0 Å². The monoisotopic (exact) mass is 1820 g/mol. The number of nitrogens with one attached hydrogen (secondary N) is 5. The Labute approximate surface area is 698 Å². The maximum absolute atomic E-state index is 11.8. The molecule has 0 fully saturated rings. The van der Waals surface area contributed by atoms with Crippen molar-refractivity contribution in [3.8, 4) is 0 Å². The lowest BCUT2D eigenvalue weighted by molar-refractivity contribution is 0.0575. The van der Waals surface area contributed by atoms with Crippen molar-refractivity contribution in [2.45, 2.75) is 172 Å². The number of rotatable bonds is 19. The number of methoxy groups -OCH3 is 2. The predicted molar refractivity (Wildman–Crippen MR) is 469 cm³/mol. The van der Waals surface area contributed by atoms with Gasteiger partial charge in [0.1, 0.15) is 0 Å². The molecule has 7 aromatic rings. The van der Waals surface area contributed by atoms with E-state index in [4.69, 9.17) is 15.1 Å². The Bertz CT molecular complexity index is 4920. The first-order valence-corrected chi connectivity index (χ1v) is 43.1. The second kappa shape index (κ2) is 66.0. The Hall–Kier alpha value is -10.9. The number of nitrogens with zero attached hydrogens (tertiary/aromatic N) is 19. The van der Waals surface area contributed by atoms with E-state index in [0.29, 0.717) is 0 Å². The summed E-state index contributed by atoms with van der Waals surface area (Å²) in [7, 11) is 6.68. The highest BCUT2D eigenvalue weighted by Crippen LogP contribution is 2.10. The van der Waals surface area contributed by atoms with Crippen LogP contribution in [0.2, 0.25) is 0 Å². The molecule has 0 aliphatic rings. The molecule has 8 N–H and O–H groups in total. The zero-order valence-corrected chi connectivity index (χ0v) is 74.4. The SMILES string of the molecule is C.C.C.C.CC.CC.CCC.CCn1c(=O)nc(C(=O)NC)n(PC)c1=O.CCn1c(=O)nc(C(=O)NC)n(PC)c1=O.CCn1c(=O)nc(C(=O)NC)n(PC)c1=O.CCn1c(=O)nc(C(=O)O)[nH]c1=O.CCn1c(=O)nc(C(=O)O)n(PC)c1=O.CCn1c(=O)nc(C(=O)OC)[nH]c1=O.CCn1c(=O)nc(C(=O)OC)n(PC)c1=O.CPO. The molecule has 3 amide bonds. The van der Waals surface area contributed by atoms with Crippen LogP contribution >= 0.6 is 52.5 Å². The largest absolute Gasteiger partial charge is 0.475 e. The Morgan fingerprint density at radius 3 is 0.717 bits per heavy atom. The number of amides is 3. The molecule has 680 valence electrons. The van der Waals surface area contributed by atoms with Crippen LogP contribution in [0.4, 0.5) is 0 Å². The van der Waals surface area contributed by atoms with Gasteiger partial charge in [-0.05, 0) is 132 Å². The summed E-state index contributed by atoms with van der Waals surface area (Å²) in [5.74, 6) is -8.22. The summed E-state index contributed by atoms with van der Waals surface area (Å²) in [6.07, 6.45) is 1.25. The van der Waals surface area contributed by atoms with Crippen molar-refractivity contribution in [1.29, 1.82) is 0 Å². The minimum Gasteiger partial charge on any atom is -0.475 e. The number of ether oxygens (including phenoxy) is 2. The first kappa shape index (κ1) is 125. The molecule has 0 bridgehead atoms. The number of esters is 2. The summed E-state index contributed by atoms with van der Waals surface area (Å²) in [5.41, 5.74) is -9.36. The van der Waals surface area contributed by atoms with Crippen LogP contribution in [0.3, 0.4) is 0 Å². The second-order valence-electron chi connectivity index (χ2n) is 19.6. The molecule has 0 saturated heterocycles.